The maximum atomic E-state index is 10.5. The van der Waals surface area contributed by atoms with Crippen molar-refractivity contribution in [2.75, 3.05) is 13.6 Å². The molecule has 0 saturated carbocycles. The molecule has 0 bridgehead atoms. The smallest absolute Gasteiger partial charge is 0.298 e. The van der Waals surface area contributed by atoms with Gasteiger partial charge in [-0.3, -0.25) is 4.79 Å². The molecule has 2 aliphatic rings. The standard InChI is InChI=1S/C26H25NO4/c1-4-27(3)23-11-8-21(9-12-23)15-24-16-22(14-19(2)31-24)7-5-6-20-10-13-25(29)26(17-20)30-18-28/h5-18H,4H2,1-3H3/p+1. The van der Waals surface area contributed by atoms with Crippen molar-refractivity contribution in [1.29, 1.82) is 0 Å². The zero-order valence-electron chi connectivity index (χ0n) is 17.9. The van der Waals surface area contributed by atoms with E-state index >= 15 is 0 Å². The number of phenols is 1. The van der Waals surface area contributed by atoms with E-state index in [2.05, 4.69) is 42.9 Å². The maximum Gasteiger partial charge on any atom is 0.298 e. The van der Waals surface area contributed by atoms with Gasteiger partial charge in [-0.05, 0) is 73.1 Å². The van der Waals surface area contributed by atoms with Gasteiger partial charge < -0.3 is 14.6 Å². The van der Waals surface area contributed by atoms with Gasteiger partial charge in [-0.1, -0.05) is 24.3 Å². The topological polar surface area (TPSA) is 58.8 Å². The van der Waals surface area contributed by atoms with Gasteiger partial charge in [-0.25, -0.2) is 4.58 Å². The van der Waals surface area contributed by atoms with Gasteiger partial charge in [0.05, 0.1) is 0 Å². The number of phenolic OH excluding ortho intramolecular Hbond substituents is 1. The van der Waals surface area contributed by atoms with E-state index in [4.69, 9.17) is 9.47 Å². The average Bonchev–Trinajstić information content (AvgIpc) is 2.76. The third kappa shape index (κ3) is 6.06. The van der Waals surface area contributed by atoms with Gasteiger partial charge in [-0.15, -0.1) is 0 Å². The molecule has 158 valence electrons. The molecule has 1 aliphatic carbocycles. The van der Waals surface area contributed by atoms with Crippen LogP contribution < -0.4 is 4.74 Å². The summed E-state index contributed by atoms with van der Waals surface area (Å²) in [4.78, 5) is 10.5. The van der Waals surface area contributed by atoms with Gasteiger partial charge in [0.25, 0.3) is 6.47 Å². The van der Waals surface area contributed by atoms with Crippen LogP contribution in [-0.4, -0.2) is 35.5 Å². The highest BCUT2D eigenvalue weighted by Crippen LogP contribution is 2.27. The van der Waals surface area contributed by atoms with Gasteiger partial charge in [0, 0.05) is 12.2 Å². The Balaban J connectivity index is 1.76. The van der Waals surface area contributed by atoms with Gasteiger partial charge in [0.15, 0.2) is 17.2 Å². The predicted molar refractivity (Wildman–Crippen MR) is 123 cm³/mol. The van der Waals surface area contributed by atoms with Crippen molar-refractivity contribution < 1.29 is 24.0 Å². The molecule has 0 radical (unpaired) electrons. The fraction of sp³-hybridized carbons (Fsp3) is 0.154. The molecule has 1 heterocycles. The molecule has 1 aromatic carbocycles. The Morgan fingerprint density at radius 1 is 1.13 bits per heavy atom. The zero-order valence-corrected chi connectivity index (χ0v) is 17.9. The minimum Gasteiger partial charge on any atom is -0.504 e. The number of ether oxygens (including phenoxy) is 2. The molecule has 3 rings (SSSR count). The fourth-order valence-electron chi connectivity index (χ4n) is 3.08. The van der Waals surface area contributed by atoms with Crippen LogP contribution in [0.2, 0.25) is 0 Å². The Hall–Kier alpha value is -3.86. The Morgan fingerprint density at radius 2 is 1.90 bits per heavy atom. The number of allylic oxidation sites excluding steroid dienone is 12. The summed E-state index contributed by atoms with van der Waals surface area (Å²) in [6.45, 7) is 5.29. The van der Waals surface area contributed by atoms with Crippen molar-refractivity contribution in [2.24, 2.45) is 0 Å². The van der Waals surface area contributed by atoms with E-state index in [0.29, 0.717) is 6.47 Å². The molecule has 1 aromatic rings. The maximum absolute atomic E-state index is 10.5. The van der Waals surface area contributed by atoms with E-state index < -0.39 is 0 Å². The molecule has 0 spiro atoms. The summed E-state index contributed by atoms with van der Waals surface area (Å²) in [6.07, 6.45) is 20.0. The molecular formula is C26H26NO4+. The number of hydrogen-bond donors (Lipinski definition) is 1. The molecule has 1 aliphatic heterocycles. The van der Waals surface area contributed by atoms with E-state index in [1.54, 1.807) is 12.1 Å². The molecule has 0 aromatic heterocycles. The molecule has 0 unspecified atom stereocenters. The lowest BCUT2D eigenvalue weighted by Gasteiger charge is -2.14. The van der Waals surface area contributed by atoms with E-state index in [9.17, 15) is 9.90 Å². The molecule has 5 heteroatoms. The fourth-order valence-corrected chi connectivity index (χ4v) is 3.08. The lowest BCUT2D eigenvalue weighted by molar-refractivity contribution is -0.491. The first-order chi connectivity index (χ1) is 15.0. The van der Waals surface area contributed by atoms with Gasteiger partial charge >= 0.3 is 0 Å². The second-order valence-corrected chi connectivity index (χ2v) is 7.12. The predicted octanol–water partition coefficient (Wildman–Crippen LogP) is 4.84. The number of carbonyl (C=O) groups is 1. The Kier molecular flexibility index (Phi) is 7.22. The molecule has 0 fully saturated rings. The van der Waals surface area contributed by atoms with Crippen molar-refractivity contribution in [3.63, 3.8) is 0 Å². The number of benzene rings is 1. The number of carbonyl (C=O) groups excluding carboxylic acids is 1. The monoisotopic (exact) mass is 416 g/mol. The summed E-state index contributed by atoms with van der Waals surface area (Å²) in [5.74, 6) is 1.62. The Bertz CT molecular complexity index is 1090. The summed E-state index contributed by atoms with van der Waals surface area (Å²) in [5.41, 5.74) is 4.04. The highest BCUT2D eigenvalue weighted by Gasteiger charge is 2.09. The summed E-state index contributed by atoms with van der Waals surface area (Å²) < 4.78 is 12.8. The highest BCUT2D eigenvalue weighted by atomic mass is 16.5. The normalized spacial score (nSPS) is 16.8. The van der Waals surface area contributed by atoms with Gasteiger partial charge in [0.2, 0.25) is 0 Å². The minimum absolute atomic E-state index is 0.0805. The highest BCUT2D eigenvalue weighted by molar-refractivity contribution is 6.02. The van der Waals surface area contributed by atoms with Crippen molar-refractivity contribution >= 4 is 18.3 Å². The number of nitrogens with zero attached hydrogens (tertiary/aromatic N) is 1. The van der Waals surface area contributed by atoms with Crippen molar-refractivity contribution in [3.8, 4) is 11.5 Å². The molecule has 31 heavy (non-hydrogen) atoms. The number of aromatic hydroxyl groups is 1. The van der Waals surface area contributed by atoms with Crippen LogP contribution in [0.1, 0.15) is 19.4 Å². The number of hydrogen-bond acceptors (Lipinski definition) is 4. The van der Waals surface area contributed by atoms with Crippen molar-refractivity contribution in [3.05, 3.63) is 101 Å². The SMILES string of the molecule is CC[N+](C)=C1C=CC(=CC2=CC(=CC=Cc3ccc(O)c(OC=O)c3)C=C(C)O2)C=C1. The van der Waals surface area contributed by atoms with E-state index in [-0.39, 0.29) is 11.5 Å². The van der Waals surface area contributed by atoms with Crippen molar-refractivity contribution in [2.45, 2.75) is 13.8 Å². The van der Waals surface area contributed by atoms with Crippen molar-refractivity contribution in [1.82, 2.24) is 0 Å². The molecule has 0 amide bonds. The molecule has 0 saturated heterocycles. The van der Waals surface area contributed by atoms with Crippen LogP contribution in [0.25, 0.3) is 6.08 Å². The lowest BCUT2D eigenvalue weighted by atomic mass is 10.1. The molecule has 1 N–H and O–H groups in total. The third-order valence-corrected chi connectivity index (χ3v) is 4.81. The van der Waals surface area contributed by atoms with Crippen LogP contribution in [0.5, 0.6) is 11.5 Å². The first kappa shape index (κ1) is 21.8. The third-order valence-electron chi connectivity index (χ3n) is 4.81. The average molecular weight is 416 g/mol. The zero-order chi connectivity index (χ0) is 22.2. The Labute approximate surface area is 182 Å². The van der Waals surface area contributed by atoms with Crippen LogP contribution in [0.4, 0.5) is 0 Å². The summed E-state index contributed by atoms with van der Waals surface area (Å²) >= 11 is 0. The molecule has 5 nitrogen and oxygen atoms in total. The largest absolute Gasteiger partial charge is 0.504 e. The minimum atomic E-state index is -0.0805. The first-order valence-electron chi connectivity index (χ1n) is 10.0. The van der Waals surface area contributed by atoms with E-state index in [0.717, 1.165) is 34.8 Å². The number of rotatable bonds is 6. The van der Waals surface area contributed by atoms with Crippen LogP contribution in [-0.2, 0) is 9.53 Å². The van der Waals surface area contributed by atoms with Crippen LogP contribution in [0.15, 0.2) is 95.5 Å². The van der Waals surface area contributed by atoms with Crippen LogP contribution in [0.3, 0.4) is 0 Å². The van der Waals surface area contributed by atoms with E-state index in [1.807, 2.05) is 43.4 Å². The summed E-state index contributed by atoms with van der Waals surface area (Å²) in [7, 11) is 2.07. The van der Waals surface area contributed by atoms with Gasteiger partial charge in [0.1, 0.15) is 25.1 Å². The first-order valence-corrected chi connectivity index (χ1v) is 10.0. The van der Waals surface area contributed by atoms with Gasteiger partial charge in [-0.2, -0.15) is 0 Å². The summed E-state index contributed by atoms with van der Waals surface area (Å²) in [5, 5.41) is 9.67. The second kappa shape index (κ2) is 10.3. The van der Waals surface area contributed by atoms with E-state index in [1.165, 1.54) is 11.8 Å². The molecular weight excluding hydrogens is 390 g/mol. The second-order valence-electron chi connectivity index (χ2n) is 7.12. The quantitative estimate of drug-likeness (QED) is 0.533. The Morgan fingerprint density at radius 3 is 2.61 bits per heavy atom. The lowest BCUT2D eigenvalue weighted by Crippen LogP contribution is -2.14. The van der Waals surface area contributed by atoms with Crippen LogP contribution in [0, 0.1) is 0 Å². The summed E-state index contributed by atoms with van der Waals surface area (Å²) in [6, 6.07) is 4.82. The molecule has 0 atom stereocenters. The van der Waals surface area contributed by atoms with Crippen LogP contribution >= 0.6 is 0 Å².